The zero-order valence-electron chi connectivity index (χ0n) is 12.9. The molecule has 0 unspecified atom stereocenters. The molecular formula is C14H28O5. The normalized spacial score (nSPS) is 11.3. The molecule has 114 valence electrons. The van der Waals surface area contributed by atoms with Crippen LogP contribution in [-0.2, 0) is 14.3 Å². The third kappa shape index (κ3) is 8.59. The summed E-state index contributed by atoms with van der Waals surface area (Å²) in [5.41, 5.74) is -0.963. The third-order valence-electron chi connectivity index (χ3n) is 3.22. The topological polar surface area (TPSA) is 83.8 Å². The van der Waals surface area contributed by atoms with Crippen LogP contribution in [-0.4, -0.2) is 35.4 Å². The average Bonchev–Trinajstić information content (AvgIpc) is 2.36. The van der Waals surface area contributed by atoms with Crippen LogP contribution in [0, 0.1) is 10.8 Å². The van der Waals surface area contributed by atoms with Crippen molar-refractivity contribution < 1.29 is 24.5 Å². The van der Waals surface area contributed by atoms with Crippen molar-refractivity contribution in [3.8, 4) is 0 Å². The Morgan fingerprint density at radius 1 is 1.00 bits per heavy atom. The van der Waals surface area contributed by atoms with Crippen LogP contribution >= 0.6 is 0 Å². The first-order valence-electron chi connectivity index (χ1n) is 6.56. The van der Waals surface area contributed by atoms with E-state index in [2.05, 4.69) is 0 Å². The monoisotopic (exact) mass is 276 g/mol. The lowest BCUT2D eigenvalue weighted by Crippen LogP contribution is -2.26. The molecule has 2 N–H and O–H groups in total. The number of carboxylic acid groups (broad SMARTS) is 1. The Balaban J connectivity index is 0. The molecule has 0 amide bonds. The summed E-state index contributed by atoms with van der Waals surface area (Å²) in [6.07, 6.45) is 1.43. The molecule has 0 aromatic heterocycles. The second-order valence-electron chi connectivity index (χ2n) is 5.64. The molecule has 0 fully saturated rings. The summed E-state index contributed by atoms with van der Waals surface area (Å²) in [4.78, 5) is 21.4. The van der Waals surface area contributed by atoms with Gasteiger partial charge in [0, 0.05) is 0 Å². The number of rotatable bonds is 6. The number of ether oxygens (including phenoxy) is 1. The van der Waals surface area contributed by atoms with Gasteiger partial charge in [-0.15, -0.1) is 0 Å². The van der Waals surface area contributed by atoms with Gasteiger partial charge in [-0.05, 0) is 40.5 Å². The van der Waals surface area contributed by atoms with E-state index >= 15 is 0 Å². The maximum atomic E-state index is 11.1. The smallest absolute Gasteiger partial charge is 0.311 e. The molecule has 0 heterocycles. The highest BCUT2D eigenvalue weighted by Crippen LogP contribution is 2.21. The summed E-state index contributed by atoms with van der Waals surface area (Å²) in [5, 5.41) is 16.8. The van der Waals surface area contributed by atoms with Gasteiger partial charge in [0.25, 0.3) is 0 Å². The highest BCUT2D eigenvalue weighted by molar-refractivity contribution is 5.75. The molecule has 0 spiro atoms. The van der Waals surface area contributed by atoms with Gasteiger partial charge in [0.1, 0.15) is 6.61 Å². The van der Waals surface area contributed by atoms with Crippen LogP contribution in [0.2, 0.25) is 0 Å². The first-order valence-corrected chi connectivity index (χ1v) is 6.56. The number of aliphatic carboxylic acids is 1. The molecule has 0 radical (unpaired) electrons. The van der Waals surface area contributed by atoms with E-state index in [-0.39, 0.29) is 19.2 Å². The molecule has 0 atom stereocenters. The molecule has 0 aromatic carbocycles. The van der Waals surface area contributed by atoms with Crippen molar-refractivity contribution in [3.05, 3.63) is 0 Å². The van der Waals surface area contributed by atoms with Gasteiger partial charge in [0.15, 0.2) is 0 Å². The summed E-state index contributed by atoms with van der Waals surface area (Å²) in [6.45, 7) is 10.9. The van der Waals surface area contributed by atoms with E-state index in [4.69, 9.17) is 14.9 Å². The number of carboxylic acids is 1. The maximum Gasteiger partial charge on any atom is 0.311 e. The number of aliphatic hydroxyl groups excluding tert-OH is 1. The quantitative estimate of drug-likeness (QED) is 0.728. The minimum absolute atomic E-state index is 0.0995. The Morgan fingerprint density at radius 2 is 1.42 bits per heavy atom. The highest BCUT2D eigenvalue weighted by atomic mass is 16.5. The molecule has 0 aliphatic rings. The number of carbonyl (C=O) groups excluding carboxylic acids is 1. The van der Waals surface area contributed by atoms with Gasteiger partial charge in [-0.25, -0.2) is 0 Å². The second-order valence-corrected chi connectivity index (χ2v) is 5.64. The lowest BCUT2D eigenvalue weighted by Gasteiger charge is -2.19. The van der Waals surface area contributed by atoms with Crippen LogP contribution in [0.3, 0.4) is 0 Å². The number of hydrogen-bond donors (Lipinski definition) is 2. The minimum Gasteiger partial charge on any atom is -0.481 e. The van der Waals surface area contributed by atoms with Crippen LogP contribution in [0.4, 0.5) is 0 Å². The first-order chi connectivity index (χ1) is 8.55. The Kier molecular flexibility index (Phi) is 9.48. The molecule has 0 bridgehead atoms. The Labute approximate surface area is 116 Å². The predicted octanol–water partition coefficient (Wildman–Crippen LogP) is 2.47. The Hall–Kier alpha value is -1.10. The summed E-state index contributed by atoms with van der Waals surface area (Å²) in [7, 11) is 0. The third-order valence-corrected chi connectivity index (χ3v) is 3.22. The van der Waals surface area contributed by atoms with Crippen molar-refractivity contribution in [3.63, 3.8) is 0 Å². The molecule has 0 rings (SSSR count). The number of aliphatic hydroxyl groups is 1. The van der Waals surface area contributed by atoms with E-state index in [1.165, 1.54) is 0 Å². The van der Waals surface area contributed by atoms with Crippen LogP contribution in [0.5, 0.6) is 0 Å². The molecule has 0 saturated carbocycles. The van der Waals surface area contributed by atoms with E-state index in [9.17, 15) is 9.59 Å². The summed E-state index contributed by atoms with van der Waals surface area (Å²) >= 11 is 0. The standard InChI is InChI=1S/C8H16O3.C6H12O2/c1-4-8(2,3)7(10)11-6-5-9;1-4-6(2,3)5(7)8/h9H,4-6H2,1-3H3;4H2,1-3H3,(H,7,8). The fourth-order valence-electron chi connectivity index (χ4n) is 0.629. The molecule has 5 heteroatoms. The SMILES string of the molecule is CCC(C)(C)C(=O)O.CCC(C)(C)C(=O)OCCO. The van der Waals surface area contributed by atoms with Crippen LogP contribution in [0.15, 0.2) is 0 Å². The van der Waals surface area contributed by atoms with Crippen molar-refractivity contribution >= 4 is 11.9 Å². The van der Waals surface area contributed by atoms with Gasteiger partial charge >= 0.3 is 11.9 Å². The van der Waals surface area contributed by atoms with Gasteiger partial charge in [-0.2, -0.15) is 0 Å². The van der Waals surface area contributed by atoms with E-state index < -0.39 is 16.8 Å². The number of esters is 1. The first kappa shape index (κ1) is 20.2. The summed E-state index contributed by atoms with van der Waals surface area (Å²) in [6, 6.07) is 0. The zero-order chi connectivity index (χ0) is 15.7. The fraction of sp³-hybridized carbons (Fsp3) is 0.857. The van der Waals surface area contributed by atoms with Crippen LogP contribution in [0.1, 0.15) is 54.4 Å². The molecular weight excluding hydrogens is 248 g/mol. The Bertz CT molecular complexity index is 282. The van der Waals surface area contributed by atoms with Crippen LogP contribution < -0.4 is 0 Å². The van der Waals surface area contributed by atoms with Gasteiger partial charge in [0.05, 0.1) is 17.4 Å². The highest BCUT2D eigenvalue weighted by Gasteiger charge is 2.26. The minimum atomic E-state index is -0.722. The van der Waals surface area contributed by atoms with Gasteiger partial charge in [-0.3, -0.25) is 9.59 Å². The number of carbonyl (C=O) groups is 2. The zero-order valence-corrected chi connectivity index (χ0v) is 12.9. The van der Waals surface area contributed by atoms with Crippen molar-refractivity contribution in [2.45, 2.75) is 54.4 Å². The van der Waals surface area contributed by atoms with Crippen molar-refractivity contribution in [1.29, 1.82) is 0 Å². The van der Waals surface area contributed by atoms with E-state index in [0.717, 1.165) is 6.42 Å². The van der Waals surface area contributed by atoms with Gasteiger partial charge in [-0.1, -0.05) is 13.8 Å². The van der Waals surface area contributed by atoms with Gasteiger partial charge < -0.3 is 14.9 Å². The van der Waals surface area contributed by atoms with E-state index in [1.807, 2.05) is 27.7 Å². The number of hydrogen-bond acceptors (Lipinski definition) is 4. The average molecular weight is 276 g/mol. The fourth-order valence-corrected chi connectivity index (χ4v) is 0.629. The molecule has 0 aliphatic carbocycles. The molecule has 19 heavy (non-hydrogen) atoms. The van der Waals surface area contributed by atoms with Crippen molar-refractivity contribution in [1.82, 2.24) is 0 Å². The van der Waals surface area contributed by atoms with E-state index in [0.29, 0.717) is 6.42 Å². The lowest BCUT2D eigenvalue weighted by molar-refractivity contribution is -0.155. The van der Waals surface area contributed by atoms with Crippen molar-refractivity contribution in [2.24, 2.45) is 10.8 Å². The van der Waals surface area contributed by atoms with Crippen molar-refractivity contribution in [2.75, 3.05) is 13.2 Å². The maximum absolute atomic E-state index is 11.1. The van der Waals surface area contributed by atoms with Crippen LogP contribution in [0.25, 0.3) is 0 Å². The summed E-state index contributed by atoms with van der Waals surface area (Å²) < 4.78 is 4.76. The molecule has 5 nitrogen and oxygen atoms in total. The van der Waals surface area contributed by atoms with E-state index in [1.54, 1.807) is 13.8 Å². The molecule has 0 saturated heterocycles. The molecule has 0 aromatic rings. The second kappa shape index (κ2) is 8.91. The predicted molar refractivity (Wildman–Crippen MR) is 73.8 cm³/mol. The summed E-state index contributed by atoms with van der Waals surface area (Å²) in [5.74, 6) is -0.964. The largest absolute Gasteiger partial charge is 0.481 e. The lowest BCUT2D eigenvalue weighted by atomic mass is 9.91. The Morgan fingerprint density at radius 3 is 1.63 bits per heavy atom. The molecule has 0 aliphatic heterocycles. The van der Waals surface area contributed by atoms with Gasteiger partial charge in [0.2, 0.25) is 0 Å².